The average molecular weight is 441 g/mol. The molecule has 0 aliphatic carbocycles. The number of nitrogens with zero attached hydrogens (tertiary/aromatic N) is 1. The Bertz CT molecular complexity index is 1320. The largest absolute Gasteiger partial charge is 0.416 e. The van der Waals surface area contributed by atoms with Crippen molar-refractivity contribution in [2.75, 3.05) is 0 Å². The van der Waals surface area contributed by atoms with Crippen LogP contribution in [-0.4, -0.2) is 10.5 Å². The first kappa shape index (κ1) is 21.9. The molecule has 0 aliphatic rings. The maximum Gasteiger partial charge on any atom is 0.416 e. The Kier molecular flexibility index (Phi) is 5.67. The van der Waals surface area contributed by atoms with E-state index in [9.17, 15) is 22.4 Å². The molecule has 4 aromatic rings. The molecule has 0 saturated heterocycles. The van der Waals surface area contributed by atoms with E-state index in [0.29, 0.717) is 21.8 Å². The van der Waals surface area contributed by atoms with Gasteiger partial charge in [0, 0.05) is 21.9 Å². The van der Waals surface area contributed by atoms with Gasteiger partial charge in [-0.2, -0.15) is 13.2 Å². The van der Waals surface area contributed by atoms with Gasteiger partial charge in [0.2, 0.25) is 5.91 Å². The van der Waals surface area contributed by atoms with Gasteiger partial charge >= 0.3 is 6.18 Å². The van der Waals surface area contributed by atoms with Crippen molar-refractivity contribution >= 4 is 27.7 Å². The van der Waals surface area contributed by atoms with Gasteiger partial charge in [0.1, 0.15) is 5.82 Å². The van der Waals surface area contributed by atoms with Gasteiger partial charge < -0.3 is 10.3 Å². The van der Waals surface area contributed by atoms with E-state index in [1.807, 2.05) is 12.1 Å². The third kappa shape index (κ3) is 3.95. The van der Waals surface area contributed by atoms with Crippen molar-refractivity contribution < 1.29 is 22.4 Å². The Morgan fingerprint density at radius 3 is 2.59 bits per heavy atom. The first-order valence-electron chi connectivity index (χ1n) is 10.3. The lowest BCUT2D eigenvalue weighted by Crippen LogP contribution is -2.11. The van der Waals surface area contributed by atoms with E-state index in [0.717, 1.165) is 43.0 Å². The topological polar surface area (TPSA) is 48.0 Å². The summed E-state index contributed by atoms with van der Waals surface area (Å²) in [6.45, 7) is 1.94. The van der Waals surface area contributed by atoms with E-state index in [-0.39, 0.29) is 17.7 Å². The van der Waals surface area contributed by atoms with Crippen LogP contribution in [0.4, 0.5) is 17.6 Å². The summed E-state index contributed by atoms with van der Waals surface area (Å²) in [5.74, 6) is -1.35. The molecule has 0 fully saturated rings. The molecule has 0 atom stereocenters. The van der Waals surface area contributed by atoms with Crippen molar-refractivity contribution in [2.24, 2.45) is 5.73 Å². The molecule has 1 amide bonds. The highest BCUT2D eigenvalue weighted by atomic mass is 19.4. The number of fused-ring (bicyclic) bond motifs is 3. The van der Waals surface area contributed by atoms with Crippen LogP contribution in [-0.2, 0) is 19.1 Å². The Morgan fingerprint density at radius 1 is 1.12 bits per heavy atom. The molecule has 1 aromatic heterocycles. The number of primary amides is 1. The van der Waals surface area contributed by atoms with E-state index < -0.39 is 23.5 Å². The zero-order valence-electron chi connectivity index (χ0n) is 17.4. The first-order chi connectivity index (χ1) is 15.2. The average Bonchev–Trinajstić information content (AvgIpc) is 3.06. The fraction of sp³-hybridized carbons (Fsp3) is 0.240. The molecule has 0 saturated carbocycles. The highest BCUT2D eigenvalue weighted by Gasteiger charge is 2.31. The molecule has 0 bridgehead atoms. The van der Waals surface area contributed by atoms with Crippen LogP contribution in [0, 0.1) is 11.9 Å². The van der Waals surface area contributed by atoms with Crippen LogP contribution in [0.15, 0.2) is 48.5 Å². The number of aryl methyl sites for hydroxylation is 1. The second kappa shape index (κ2) is 8.30. The van der Waals surface area contributed by atoms with Crippen LogP contribution in [0.25, 0.3) is 21.8 Å². The number of halogens is 4. The monoisotopic (exact) mass is 441 g/mol. The number of carbonyl (C=O) groups is 1. The third-order valence-corrected chi connectivity index (χ3v) is 5.64. The lowest BCUT2D eigenvalue weighted by Gasteiger charge is -2.13. The number of rotatable bonds is 6. The van der Waals surface area contributed by atoms with Crippen molar-refractivity contribution in [2.45, 2.75) is 38.9 Å². The van der Waals surface area contributed by atoms with Crippen LogP contribution in [0.3, 0.4) is 0 Å². The summed E-state index contributed by atoms with van der Waals surface area (Å²) in [4.78, 5) is 12.1. The van der Waals surface area contributed by atoms with Crippen LogP contribution in [0.2, 0.25) is 0 Å². The van der Waals surface area contributed by atoms with Gasteiger partial charge in [-0.15, -0.1) is 0 Å². The molecule has 7 heteroatoms. The quantitative estimate of drug-likeness (QED) is 0.354. The third-order valence-electron chi connectivity index (χ3n) is 5.64. The van der Waals surface area contributed by atoms with E-state index in [4.69, 9.17) is 5.73 Å². The maximum absolute atomic E-state index is 14.5. The van der Waals surface area contributed by atoms with Crippen LogP contribution >= 0.6 is 0 Å². The minimum atomic E-state index is -4.58. The van der Waals surface area contributed by atoms with Gasteiger partial charge in [-0.3, -0.25) is 4.79 Å². The summed E-state index contributed by atoms with van der Waals surface area (Å²) >= 11 is 0. The van der Waals surface area contributed by atoms with Gasteiger partial charge in [0.15, 0.2) is 0 Å². The van der Waals surface area contributed by atoms with E-state index >= 15 is 0 Å². The van der Waals surface area contributed by atoms with Gasteiger partial charge in [-0.1, -0.05) is 25.5 Å². The predicted octanol–water partition coefficient (Wildman–Crippen LogP) is 6.24. The number of amides is 1. The molecule has 165 valence electrons. The second-order valence-electron chi connectivity index (χ2n) is 7.83. The Hall–Kier alpha value is -3.35. The molecule has 3 aromatic carbocycles. The smallest absolute Gasteiger partial charge is 0.366 e. The molecule has 0 unspecified atom stereocenters. The van der Waals surface area contributed by atoms with Gasteiger partial charge in [0.05, 0.1) is 23.1 Å². The molecule has 2 N–H and O–H groups in total. The van der Waals surface area contributed by atoms with E-state index in [1.54, 1.807) is 22.8 Å². The first-order valence-corrected chi connectivity index (χ1v) is 10.3. The fourth-order valence-corrected chi connectivity index (χ4v) is 4.04. The van der Waals surface area contributed by atoms with Crippen molar-refractivity contribution in [1.29, 1.82) is 0 Å². The van der Waals surface area contributed by atoms with Gasteiger partial charge in [0.25, 0.3) is 0 Å². The number of hydrogen-bond donors (Lipinski definition) is 1. The van der Waals surface area contributed by atoms with Crippen LogP contribution in [0.5, 0.6) is 0 Å². The zero-order chi connectivity index (χ0) is 23.0. The number of hydrogen-bond acceptors (Lipinski definition) is 1. The normalized spacial score (nSPS) is 12.0. The Morgan fingerprint density at radius 2 is 1.91 bits per heavy atom. The summed E-state index contributed by atoms with van der Waals surface area (Å²) in [5.41, 5.74) is 7.10. The molecule has 1 radical (unpaired) electrons. The number of benzene rings is 3. The lowest BCUT2D eigenvalue weighted by molar-refractivity contribution is -0.137. The number of unbranched alkanes of at least 4 members (excludes halogenated alkanes) is 1. The number of nitrogens with two attached hydrogens (primary N) is 1. The number of alkyl halides is 3. The van der Waals surface area contributed by atoms with Crippen molar-refractivity contribution in [3.63, 3.8) is 0 Å². The van der Waals surface area contributed by atoms with Gasteiger partial charge in [-0.25, -0.2) is 4.39 Å². The molecule has 3 nitrogen and oxygen atoms in total. The standard InChI is InChI=1S/C25H21F4N2O/c1-2-3-5-15-8-10-18-22(12-15)31(21-7-4-6-19(23(18)21)24(30)32)14-16-13-17(25(27,28)29)9-11-20(16)26/h4,6-9,11-13H,2-3,5,14H2,1H3,(H2,30,32). The van der Waals surface area contributed by atoms with Crippen molar-refractivity contribution in [3.8, 4) is 0 Å². The molecular formula is C25H21F4N2O. The zero-order valence-corrected chi connectivity index (χ0v) is 17.4. The minimum absolute atomic E-state index is 0.0953. The number of aromatic nitrogens is 1. The number of carbonyl (C=O) groups excluding carboxylic acids is 1. The SMILES string of the molecule is CCCCc1c[c]c2c3c(C(N)=O)cccc3n(Cc3cc(C(F)(F)F)ccc3F)c2c1. The summed E-state index contributed by atoms with van der Waals surface area (Å²) in [7, 11) is 0. The molecule has 0 aliphatic heterocycles. The lowest BCUT2D eigenvalue weighted by atomic mass is 10.0. The predicted molar refractivity (Wildman–Crippen MR) is 116 cm³/mol. The molecule has 32 heavy (non-hydrogen) atoms. The highest BCUT2D eigenvalue weighted by molar-refractivity contribution is 6.17. The summed E-state index contributed by atoms with van der Waals surface area (Å²) in [6.07, 6.45) is -1.80. The summed E-state index contributed by atoms with van der Waals surface area (Å²) in [5, 5.41) is 1.19. The van der Waals surface area contributed by atoms with Crippen LogP contribution in [0.1, 0.15) is 46.8 Å². The summed E-state index contributed by atoms with van der Waals surface area (Å²) < 4.78 is 55.9. The van der Waals surface area contributed by atoms with E-state index in [1.165, 1.54) is 0 Å². The maximum atomic E-state index is 14.5. The Labute approximate surface area is 182 Å². The highest BCUT2D eigenvalue weighted by Crippen LogP contribution is 2.35. The molecular weight excluding hydrogens is 420 g/mol. The van der Waals surface area contributed by atoms with Crippen molar-refractivity contribution in [3.05, 3.63) is 82.7 Å². The van der Waals surface area contributed by atoms with E-state index in [2.05, 4.69) is 13.0 Å². The fourth-order valence-electron chi connectivity index (χ4n) is 4.04. The molecule has 4 rings (SSSR count). The Balaban J connectivity index is 1.96. The van der Waals surface area contributed by atoms with Crippen LogP contribution < -0.4 is 5.73 Å². The van der Waals surface area contributed by atoms with Crippen molar-refractivity contribution in [1.82, 2.24) is 4.57 Å². The summed E-state index contributed by atoms with van der Waals surface area (Å²) in [6, 6.07) is 14.4. The molecule has 0 spiro atoms. The van der Waals surface area contributed by atoms with Gasteiger partial charge in [-0.05, 0) is 60.9 Å². The second-order valence-corrected chi connectivity index (χ2v) is 7.83. The minimum Gasteiger partial charge on any atom is -0.366 e. The molecule has 1 heterocycles.